The summed E-state index contributed by atoms with van der Waals surface area (Å²) in [4.78, 5) is 0. The van der Waals surface area contributed by atoms with Gasteiger partial charge in [-0.3, -0.25) is 0 Å². The number of nitrogens with zero attached hydrogens (tertiary/aromatic N) is 1. The minimum absolute atomic E-state index is 0.206. The van der Waals surface area contributed by atoms with Crippen LogP contribution in [0, 0.1) is 0 Å². The maximum absolute atomic E-state index is 8.17. The van der Waals surface area contributed by atoms with Crippen molar-refractivity contribution in [2.45, 2.75) is 39.2 Å². The van der Waals surface area contributed by atoms with Crippen molar-refractivity contribution in [3.05, 3.63) is 0 Å². The van der Waals surface area contributed by atoms with Crippen molar-refractivity contribution >= 4 is 6.21 Å². The van der Waals surface area contributed by atoms with Crippen LogP contribution in [-0.4, -0.2) is 23.6 Å². The lowest BCUT2D eigenvalue weighted by Gasteiger charge is -2.22. The lowest BCUT2D eigenvalue weighted by atomic mass is 10.1. The molecule has 0 aliphatic carbocycles. The van der Waals surface area contributed by atoms with E-state index in [1.807, 2.05) is 13.8 Å². The van der Waals surface area contributed by atoms with Crippen LogP contribution in [0.4, 0.5) is 0 Å². The highest BCUT2D eigenvalue weighted by Crippen LogP contribution is 2.12. The number of hydrogen-bond donors (Lipinski definition) is 1. The van der Waals surface area contributed by atoms with Crippen LogP contribution in [0.1, 0.15) is 33.6 Å². The zero-order valence-corrected chi connectivity index (χ0v) is 7.50. The van der Waals surface area contributed by atoms with E-state index in [9.17, 15) is 0 Å². The molecular formula is C8H17NO2. The molecule has 0 unspecified atom stereocenters. The third kappa shape index (κ3) is 5.85. The summed E-state index contributed by atoms with van der Waals surface area (Å²) in [7, 11) is 0. The number of hydrogen-bond acceptors (Lipinski definition) is 3. The van der Waals surface area contributed by atoms with E-state index in [2.05, 4.69) is 12.1 Å². The minimum atomic E-state index is -0.206. The molecule has 0 atom stereocenters. The first kappa shape index (κ1) is 10.4. The Balaban J connectivity index is 3.60. The van der Waals surface area contributed by atoms with E-state index in [4.69, 9.17) is 9.94 Å². The topological polar surface area (TPSA) is 41.8 Å². The summed E-state index contributed by atoms with van der Waals surface area (Å²) < 4.78 is 5.48. The van der Waals surface area contributed by atoms with Gasteiger partial charge in [-0.25, -0.2) is 0 Å². The summed E-state index contributed by atoms with van der Waals surface area (Å²) in [5.74, 6) is 0. The molecule has 0 fully saturated rings. The average molecular weight is 159 g/mol. The van der Waals surface area contributed by atoms with Crippen molar-refractivity contribution < 1.29 is 9.94 Å². The fourth-order valence-corrected chi connectivity index (χ4v) is 0.698. The van der Waals surface area contributed by atoms with Crippen LogP contribution in [0.2, 0.25) is 0 Å². The van der Waals surface area contributed by atoms with Gasteiger partial charge in [0.25, 0.3) is 0 Å². The molecule has 0 saturated carbocycles. The van der Waals surface area contributed by atoms with Gasteiger partial charge in [-0.1, -0.05) is 6.92 Å². The first-order valence-corrected chi connectivity index (χ1v) is 3.92. The van der Waals surface area contributed by atoms with Gasteiger partial charge in [0, 0.05) is 19.2 Å². The fourth-order valence-electron chi connectivity index (χ4n) is 0.698. The van der Waals surface area contributed by atoms with Crippen molar-refractivity contribution in [3.63, 3.8) is 0 Å². The predicted molar refractivity (Wildman–Crippen MR) is 45.2 cm³/mol. The van der Waals surface area contributed by atoms with Crippen molar-refractivity contribution in [1.29, 1.82) is 0 Å². The van der Waals surface area contributed by atoms with Crippen molar-refractivity contribution in [1.82, 2.24) is 0 Å². The summed E-state index contributed by atoms with van der Waals surface area (Å²) in [5, 5.41) is 11.1. The predicted octanol–water partition coefficient (Wildman–Crippen LogP) is 2.04. The smallest absolute Gasteiger partial charge is 0.0676 e. The quantitative estimate of drug-likeness (QED) is 0.379. The Labute approximate surface area is 68.1 Å². The van der Waals surface area contributed by atoms with Crippen LogP contribution >= 0.6 is 0 Å². The van der Waals surface area contributed by atoms with E-state index in [1.54, 1.807) is 0 Å². The molecule has 66 valence electrons. The molecular weight excluding hydrogens is 142 g/mol. The van der Waals surface area contributed by atoms with Gasteiger partial charge in [0.2, 0.25) is 0 Å². The lowest BCUT2D eigenvalue weighted by Crippen LogP contribution is -2.25. The molecule has 0 aromatic heterocycles. The summed E-state index contributed by atoms with van der Waals surface area (Å²) >= 11 is 0. The van der Waals surface area contributed by atoms with Gasteiger partial charge >= 0.3 is 0 Å². The molecule has 0 aromatic rings. The van der Waals surface area contributed by atoms with Crippen LogP contribution in [0.5, 0.6) is 0 Å². The minimum Gasteiger partial charge on any atom is -0.411 e. The van der Waals surface area contributed by atoms with Crippen LogP contribution < -0.4 is 0 Å². The Kier molecular flexibility index (Phi) is 4.86. The second kappa shape index (κ2) is 5.13. The van der Waals surface area contributed by atoms with Crippen molar-refractivity contribution in [2.75, 3.05) is 6.61 Å². The van der Waals surface area contributed by atoms with Gasteiger partial charge in [0.15, 0.2) is 0 Å². The van der Waals surface area contributed by atoms with E-state index < -0.39 is 0 Å². The number of rotatable bonds is 5. The van der Waals surface area contributed by atoms with Crippen LogP contribution in [0.15, 0.2) is 5.16 Å². The van der Waals surface area contributed by atoms with Crippen LogP contribution in [0.25, 0.3) is 0 Å². The molecule has 11 heavy (non-hydrogen) atoms. The van der Waals surface area contributed by atoms with E-state index in [1.165, 1.54) is 6.21 Å². The Morgan fingerprint density at radius 2 is 2.18 bits per heavy atom. The average Bonchev–Trinajstić information content (AvgIpc) is 1.97. The molecule has 0 aliphatic rings. The highest BCUT2D eigenvalue weighted by molar-refractivity contribution is 5.57. The van der Waals surface area contributed by atoms with Gasteiger partial charge in [-0.05, 0) is 20.3 Å². The molecule has 3 nitrogen and oxygen atoms in total. The molecule has 0 saturated heterocycles. The molecule has 0 aliphatic heterocycles. The maximum atomic E-state index is 8.17. The molecule has 0 amide bonds. The van der Waals surface area contributed by atoms with Gasteiger partial charge in [0.05, 0.1) is 5.60 Å². The zero-order chi connectivity index (χ0) is 8.74. The summed E-state index contributed by atoms with van der Waals surface area (Å²) in [6.45, 7) is 6.77. The maximum Gasteiger partial charge on any atom is 0.0676 e. The van der Waals surface area contributed by atoms with Crippen LogP contribution in [0.3, 0.4) is 0 Å². The monoisotopic (exact) mass is 159 g/mol. The molecule has 0 spiro atoms. The standard InChI is InChI=1S/C8H17NO2/c1-4-7-11-8(2,3)5-6-9-10/h6,10H,4-5,7H2,1-3H3/b9-6+. The lowest BCUT2D eigenvalue weighted by molar-refractivity contribution is -0.0110. The van der Waals surface area contributed by atoms with Gasteiger partial charge in [-0.15, -0.1) is 5.16 Å². The van der Waals surface area contributed by atoms with E-state index >= 15 is 0 Å². The molecule has 0 rings (SSSR count). The second-order valence-electron chi connectivity index (χ2n) is 3.11. The Hall–Kier alpha value is -0.570. The number of oxime groups is 1. The van der Waals surface area contributed by atoms with E-state index in [-0.39, 0.29) is 5.60 Å². The summed E-state index contributed by atoms with van der Waals surface area (Å²) in [5.41, 5.74) is -0.206. The zero-order valence-electron chi connectivity index (χ0n) is 7.50. The van der Waals surface area contributed by atoms with Gasteiger partial charge < -0.3 is 9.94 Å². The molecule has 0 heterocycles. The fraction of sp³-hybridized carbons (Fsp3) is 0.875. The second-order valence-corrected chi connectivity index (χ2v) is 3.11. The first-order valence-electron chi connectivity index (χ1n) is 3.92. The third-order valence-corrected chi connectivity index (χ3v) is 1.36. The Morgan fingerprint density at radius 1 is 1.55 bits per heavy atom. The van der Waals surface area contributed by atoms with Gasteiger partial charge in [-0.2, -0.15) is 0 Å². The highest BCUT2D eigenvalue weighted by atomic mass is 16.5. The Bertz CT molecular complexity index is 121. The molecule has 0 radical (unpaired) electrons. The molecule has 3 heteroatoms. The third-order valence-electron chi connectivity index (χ3n) is 1.36. The van der Waals surface area contributed by atoms with Gasteiger partial charge in [0.1, 0.15) is 0 Å². The molecule has 1 N–H and O–H groups in total. The summed E-state index contributed by atoms with van der Waals surface area (Å²) in [6.07, 6.45) is 3.11. The largest absolute Gasteiger partial charge is 0.411 e. The first-order chi connectivity index (χ1) is 5.12. The molecule has 0 bridgehead atoms. The summed E-state index contributed by atoms with van der Waals surface area (Å²) in [6, 6.07) is 0. The van der Waals surface area contributed by atoms with E-state index in [0.29, 0.717) is 6.42 Å². The Morgan fingerprint density at radius 3 is 2.64 bits per heavy atom. The van der Waals surface area contributed by atoms with Crippen LogP contribution in [-0.2, 0) is 4.74 Å². The normalized spacial score (nSPS) is 12.6. The highest BCUT2D eigenvalue weighted by Gasteiger charge is 2.15. The number of ether oxygens (including phenoxy) is 1. The van der Waals surface area contributed by atoms with E-state index in [0.717, 1.165) is 13.0 Å². The molecule has 0 aromatic carbocycles. The van der Waals surface area contributed by atoms with Crippen molar-refractivity contribution in [2.24, 2.45) is 5.16 Å². The SMILES string of the molecule is CCCOC(C)(C)C/C=N/O. The van der Waals surface area contributed by atoms with Crippen molar-refractivity contribution in [3.8, 4) is 0 Å².